The number of carbonyl (C=O) groups excluding carboxylic acids is 1. The number of hydrogen-bond acceptors (Lipinski definition) is 4. The fourth-order valence-corrected chi connectivity index (χ4v) is 2.55. The molecule has 1 aromatic carbocycles. The Bertz CT molecular complexity index is 702. The molecule has 128 valence electrons. The van der Waals surface area contributed by atoms with Gasteiger partial charge in [0.25, 0.3) is 0 Å². The Morgan fingerprint density at radius 1 is 1.21 bits per heavy atom. The molecule has 1 atom stereocenters. The van der Waals surface area contributed by atoms with Crippen LogP contribution in [0.4, 0.5) is 4.79 Å². The van der Waals surface area contributed by atoms with Crippen LogP contribution in [0.15, 0.2) is 28.8 Å². The molecule has 1 heterocycles. The minimum atomic E-state index is -0.972. The number of benzene rings is 1. The summed E-state index contributed by atoms with van der Waals surface area (Å²) in [6, 6.07) is 6.09. The van der Waals surface area contributed by atoms with Gasteiger partial charge in [-0.2, -0.15) is 0 Å². The molecule has 24 heavy (non-hydrogen) atoms. The number of carbonyl (C=O) groups is 2. The van der Waals surface area contributed by atoms with Crippen LogP contribution in [0.2, 0.25) is 0 Å². The second-order valence-corrected chi connectivity index (χ2v) is 5.70. The van der Waals surface area contributed by atoms with E-state index in [9.17, 15) is 9.59 Å². The van der Waals surface area contributed by atoms with Crippen LogP contribution in [-0.2, 0) is 6.54 Å². The molecule has 0 fully saturated rings. The van der Waals surface area contributed by atoms with Gasteiger partial charge in [0.15, 0.2) is 0 Å². The number of aryl methyl sites for hydroxylation is 2. The van der Waals surface area contributed by atoms with Gasteiger partial charge in [-0.05, 0) is 31.5 Å². The first-order valence-electron chi connectivity index (χ1n) is 7.65. The van der Waals surface area contributed by atoms with Crippen LogP contribution >= 0.6 is 0 Å². The first kappa shape index (κ1) is 17.5. The number of amides is 2. The number of aromatic carboxylic acids is 1. The molecule has 2 rings (SSSR count). The zero-order chi connectivity index (χ0) is 17.7. The second kappa shape index (κ2) is 7.63. The van der Waals surface area contributed by atoms with E-state index in [1.165, 1.54) is 12.1 Å². The Balaban J connectivity index is 1.80. The van der Waals surface area contributed by atoms with E-state index in [4.69, 9.17) is 9.63 Å². The van der Waals surface area contributed by atoms with Gasteiger partial charge in [-0.25, -0.2) is 9.59 Å². The number of urea groups is 1. The van der Waals surface area contributed by atoms with Gasteiger partial charge in [0.1, 0.15) is 5.76 Å². The van der Waals surface area contributed by atoms with E-state index in [0.29, 0.717) is 13.1 Å². The topological polar surface area (TPSA) is 104 Å². The summed E-state index contributed by atoms with van der Waals surface area (Å²) < 4.78 is 5.13. The van der Waals surface area contributed by atoms with Crippen LogP contribution < -0.4 is 10.6 Å². The number of rotatable bonds is 6. The predicted octanol–water partition coefficient (Wildman–Crippen LogP) is 2.59. The molecule has 3 N–H and O–H groups in total. The molecule has 1 unspecified atom stereocenters. The summed E-state index contributed by atoms with van der Waals surface area (Å²) in [6.45, 7) is 6.52. The van der Waals surface area contributed by atoms with Crippen molar-refractivity contribution in [1.82, 2.24) is 15.8 Å². The summed E-state index contributed by atoms with van der Waals surface area (Å²) in [6.07, 6.45) is 0. The minimum absolute atomic E-state index is 0.0943. The summed E-state index contributed by atoms with van der Waals surface area (Å²) in [5, 5.41) is 18.3. The highest BCUT2D eigenvalue weighted by Gasteiger charge is 2.16. The third-order valence-electron chi connectivity index (χ3n) is 3.80. The monoisotopic (exact) mass is 331 g/mol. The zero-order valence-corrected chi connectivity index (χ0v) is 13.9. The van der Waals surface area contributed by atoms with Crippen molar-refractivity contribution in [1.29, 1.82) is 0 Å². The van der Waals surface area contributed by atoms with Crippen LogP contribution in [0.1, 0.15) is 45.8 Å². The highest BCUT2D eigenvalue weighted by atomic mass is 16.5. The minimum Gasteiger partial charge on any atom is -0.478 e. The molecule has 7 nitrogen and oxygen atoms in total. The Kier molecular flexibility index (Phi) is 5.57. The standard InChI is InChI=1S/C17H21N3O4/c1-10(15-11(2)20-24-12(15)3)8-18-17(23)19-9-13-4-6-14(7-5-13)16(21)22/h4-7,10H,8-9H2,1-3H3,(H,21,22)(H2,18,19,23). The van der Waals surface area contributed by atoms with Gasteiger partial charge in [0.2, 0.25) is 0 Å². The first-order chi connectivity index (χ1) is 11.4. The zero-order valence-electron chi connectivity index (χ0n) is 13.9. The molecule has 0 aliphatic heterocycles. The van der Waals surface area contributed by atoms with Crippen molar-refractivity contribution in [3.05, 3.63) is 52.4 Å². The van der Waals surface area contributed by atoms with Crippen molar-refractivity contribution in [3.63, 3.8) is 0 Å². The Morgan fingerprint density at radius 2 is 1.88 bits per heavy atom. The lowest BCUT2D eigenvalue weighted by Crippen LogP contribution is -2.37. The number of nitrogens with zero attached hydrogens (tertiary/aromatic N) is 1. The van der Waals surface area contributed by atoms with Crippen LogP contribution in [0.25, 0.3) is 0 Å². The van der Waals surface area contributed by atoms with E-state index < -0.39 is 5.97 Å². The maximum atomic E-state index is 11.9. The molecule has 0 spiro atoms. The smallest absolute Gasteiger partial charge is 0.335 e. The lowest BCUT2D eigenvalue weighted by atomic mass is 10.00. The van der Waals surface area contributed by atoms with Gasteiger partial charge in [-0.1, -0.05) is 24.2 Å². The average molecular weight is 331 g/mol. The highest BCUT2D eigenvalue weighted by molar-refractivity contribution is 5.87. The quantitative estimate of drug-likeness (QED) is 0.754. The third kappa shape index (κ3) is 4.34. The van der Waals surface area contributed by atoms with E-state index in [1.807, 2.05) is 20.8 Å². The summed E-state index contributed by atoms with van der Waals surface area (Å²) in [7, 11) is 0. The fraction of sp³-hybridized carbons (Fsp3) is 0.353. The number of hydrogen-bond donors (Lipinski definition) is 3. The SMILES string of the molecule is Cc1noc(C)c1C(C)CNC(=O)NCc1ccc(C(=O)O)cc1. The van der Waals surface area contributed by atoms with E-state index >= 15 is 0 Å². The molecule has 1 aromatic heterocycles. The van der Waals surface area contributed by atoms with Crippen molar-refractivity contribution in [2.75, 3.05) is 6.54 Å². The van der Waals surface area contributed by atoms with Gasteiger partial charge in [0, 0.05) is 24.6 Å². The second-order valence-electron chi connectivity index (χ2n) is 5.70. The van der Waals surface area contributed by atoms with Gasteiger partial charge < -0.3 is 20.3 Å². The van der Waals surface area contributed by atoms with Gasteiger partial charge in [0.05, 0.1) is 11.3 Å². The molecule has 0 aliphatic carbocycles. The molecule has 0 radical (unpaired) electrons. The lowest BCUT2D eigenvalue weighted by molar-refractivity contribution is 0.0697. The third-order valence-corrected chi connectivity index (χ3v) is 3.80. The molecule has 7 heteroatoms. The van der Waals surface area contributed by atoms with Crippen LogP contribution in [0.3, 0.4) is 0 Å². The number of nitrogens with one attached hydrogen (secondary N) is 2. The fourth-order valence-electron chi connectivity index (χ4n) is 2.55. The Labute approximate surface area is 140 Å². The summed E-state index contributed by atoms with van der Waals surface area (Å²) in [5.74, 6) is -0.113. The molecule has 0 saturated heterocycles. The van der Waals surface area contributed by atoms with E-state index in [2.05, 4.69) is 15.8 Å². The summed E-state index contributed by atoms with van der Waals surface area (Å²) in [4.78, 5) is 22.7. The van der Waals surface area contributed by atoms with Gasteiger partial charge >= 0.3 is 12.0 Å². The van der Waals surface area contributed by atoms with Crippen LogP contribution in [0, 0.1) is 13.8 Å². The van der Waals surface area contributed by atoms with Crippen LogP contribution in [-0.4, -0.2) is 28.8 Å². The van der Waals surface area contributed by atoms with E-state index in [1.54, 1.807) is 12.1 Å². The normalized spacial score (nSPS) is 11.8. The van der Waals surface area contributed by atoms with Crippen molar-refractivity contribution in [2.45, 2.75) is 33.2 Å². The molecule has 0 bridgehead atoms. The van der Waals surface area contributed by atoms with Crippen molar-refractivity contribution in [2.24, 2.45) is 0 Å². The van der Waals surface area contributed by atoms with Crippen molar-refractivity contribution < 1.29 is 19.2 Å². The molecular weight excluding hydrogens is 310 g/mol. The number of aromatic nitrogens is 1. The largest absolute Gasteiger partial charge is 0.478 e. The Morgan fingerprint density at radius 3 is 2.42 bits per heavy atom. The molecule has 2 amide bonds. The highest BCUT2D eigenvalue weighted by Crippen LogP contribution is 2.22. The van der Waals surface area contributed by atoms with Crippen molar-refractivity contribution >= 4 is 12.0 Å². The molecule has 0 aliphatic rings. The Hall–Kier alpha value is -2.83. The summed E-state index contributed by atoms with van der Waals surface area (Å²) >= 11 is 0. The van der Waals surface area contributed by atoms with E-state index in [-0.39, 0.29) is 17.5 Å². The van der Waals surface area contributed by atoms with Gasteiger partial charge in [-0.3, -0.25) is 0 Å². The lowest BCUT2D eigenvalue weighted by Gasteiger charge is -2.13. The molecule has 2 aromatic rings. The summed E-state index contributed by atoms with van der Waals surface area (Å²) in [5.41, 5.74) is 2.89. The average Bonchev–Trinajstić information content (AvgIpc) is 2.89. The number of carboxylic acids is 1. The predicted molar refractivity (Wildman–Crippen MR) is 88.0 cm³/mol. The van der Waals surface area contributed by atoms with E-state index in [0.717, 1.165) is 22.6 Å². The number of carboxylic acid groups (broad SMARTS) is 1. The maximum Gasteiger partial charge on any atom is 0.335 e. The maximum absolute atomic E-state index is 11.9. The van der Waals surface area contributed by atoms with Crippen LogP contribution in [0.5, 0.6) is 0 Å². The van der Waals surface area contributed by atoms with Crippen molar-refractivity contribution in [3.8, 4) is 0 Å². The first-order valence-corrected chi connectivity index (χ1v) is 7.65. The molecular formula is C17H21N3O4. The van der Waals surface area contributed by atoms with Gasteiger partial charge in [-0.15, -0.1) is 0 Å². The molecule has 0 saturated carbocycles.